The van der Waals surface area contributed by atoms with Crippen LogP contribution in [-0.2, 0) is 9.53 Å². The van der Waals surface area contributed by atoms with Gasteiger partial charge in [-0.1, -0.05) is 6.92 Å². The van der Waals surface area contributed by atoms with Crippen molar-refractivity contribution in [3.8, 4) is 0 Å². The molecule has 1 saturated carbocycles. The van der Waals surface area contributed by atoms with Gasteiger partial charge in [0.2, 0.25) is 0 Å². The van der Waals surface area contributed by atoms with E-state index < -0.39 is 0 Å². The smallest absolute Gasteiger partial charge is 0.306 e. The monoisotopic (exact) mass is 389 g/mol. The van der Waals surface area contributed by atoms with Crippen LogP contribution >= 0.6 is 0 Å². The highest BCUT2D eigenvalue weighted by Crippen LogP contribution is 2.27. The molecule has 2 atom stereocenters. The maximum Gasteiger partial charge on any atom is 0.306 e. The fourth-order valence-electron chi connectivity index (χ4n) is 4.18. The number of rotatable bonds is 7. The lowest BCUT2D eigenvalue weighted by molar-refractivity contribution is -0.148. The molecular weight excluding hydrogens is 354 g/mol. The van der Waals surface area contributed by atoms with Gasteiger partial charge in [-0.2, -0.15) is 0 Å². The van der Waals surface area contributed by atoms with E-state index in [2.05, 4.69) is 33.6 Å². The molecule has 1 N–H and O–H groups in total. The highest BCUT2D eigenvalue weighted by molar-refractivity contribution is 5.80. The van der Waals surface area contributed by atoms with Crippen LogP contribution < -0.4 is 5.32 Å². The number of aliphatic imine (C=N–C) groups is 1. The van der Waals surface area contributed by atoms with E-state index in [0.29, 0.717) is 24.9 Å². The molecule has 7 heteroatoms. The molecule has 0 spiro atoms. The first kappa shape index (κ1) is 20.7. The first-order chi connectivity index (χ1) is 13.7. The van der Waals surface area contributed by atoms with Crippen LogP contribution in [0.3, 0.4) is 0 Å². The maximum atomic E-state index is 12.0. The van der Waals surface area contributed by atoms with E-state index in [-0.39, 0.29) is 12.1 Å². The van der Waals surface area contributed by atoms with E-state index in [1.165, 1.54) is 12.8 Å². The highest BCUT2D eigenvalue weighted by atomic mass is 16.5. The summed E-state index contributed by atoms with van der Waals surface area (Å²) >= 11 is 0. The Bertz CT molecular complexity index is 625. The molecule has 0 aromatic carbocycles. The second-order valence-corrected chi connectivity index (χ2v) is 8.02. The first-order valence-corrected chi connectivity index (χ1v) is 10.9. The summed E-state index contributed by atoms with van der Waals surface area (Å²) in [6, 6.07) is 0.404. The number of imidazole rings is 1. The summed E-state index contributed by atoms with van der Waals surface area (Å²) in [6.07, 6.45) is 12.7. The number of ether oxygens (including phenoxy) is 1. The number of piperidine rings is 1. The molecule has 7 nitrogen and oxygen atoms in total. The van der Waals surface area contributed by atoms with Gasteiger partial charge in [-0.3, -0.25) is 9.79 Å². The minimum atomic E-state index is -0.0703. The Kier molecular flexibility index (Phi) is 7.74. The lowest BCUT2D eigenvalue weighted by Gasteiger charge is -2.39. The van der Waals surface area contributed by atoms with E-state index in [0.717, 1.165) is 51.3 Å². The van der Waals surface area contributed by atoms with Crippen molar-refractivity contribution in [1.82, 2.24) is 19.8 Å². The molecule has 0 amide bonds. The largest absolute Gasteiger partial charge is 0.462 e. The van der Waals surface area contributed by atoms with Gasteiger partial charge in [-0.05, 0) is 51.4 Å². The summed E-state index contributed by atoms with van der Waals surface area (Å²) in [7, 11) is 0. The van der Waals surface area contributed by atoms with Crippen LogP contribution in [0, 0.1) is 5.92 Å². The standard InChI is InChI=1S/C21H35N5O2/c1-3-23-21(24-11-6-9-20(27)28-18-7-4-5-8-18)25-13-10-17(2)19(15-25)26-14-12-22-16-26/h12,14,16-19H,3-11,13,15H2,1-2H3,(H,23,24). The first-order valence-electron chi connectivity index (χ1n) is 10.9. The second kappa shape index (κ2) is 10.5. The zero-order valence-corrected chi connectivity index (χ0v) is 17.3. The van der Waals surface area contributed by atoms with Crippen LogP contribution in [0.4, 0.5) is 0 Å². The van der Waals surface area contributed by atoms with Crippen LogP contribution in [0.15, 0.2) is 23.7 Å². The van der Waals surface area contributed by atoms with Crippen molar-refractivity contribution < 1.29 is 9.53 Å². The Morgan fingerprint density at radius 1 is 1.32 bits per heavy atom. The molecule has 156 valence electrons. The Morgan fingerprint density at radius 2 is 2.14 bits per heavy atom. The van der Waals surface area contributed by atoms with E-state index in [9.17, 15) is 4.79 Å². The van der Waals surface area contributed by atoms with Gasteiger partial charge in [0.1, 0.15) is 6.10 Å². The van der Waals surface area contributed by atoms with Gasteiger partial charge in [0, 0.05) is 45.0 Å². The summed E-state index contributed by atoms with van der Waals surface area (Å²) in [6.45, 7) is 7.81. The SMILES string of the molecule is CCNC(=NCCCC(=O)OC1CCCC1)N1CCC(C)C(n2ccnc2)C1. The number of hydrogen-bond donors (Lipinski definition) is 1. The fraction of sp³-hybridized carbons (Fsp3) is 0.762. The van der Waals surface area contributed by atoms with Crippen LogP contribution in [-0.4, -0.2) is 58.7 Å². The minimum absolute atomic E-state index is 0.0703. The van der Waals surface area contributed by atoms with E-state index >= 15 is 0 Å². The molecule has 1 aliphatic heterocycles. The summed E-state index contributed by atoms with van der Waals surface area (Å²) in [5.74, 6) is 1.49. The number of carbonyl (C=O) groups is 1. The average molecular weight is 390 g/mol. The zero-order valence-electron chi connectivity index (χ0n) is 17.3. The molecule has 2 heterocycles. The molecule has 0 bridgehead atoms. The normalized spacial score (nSPS) is 23.8. The van der Waals surface area contributed by atoms with Crippen molar-refractivity contribution in [1.29, 1.82) is 0 Å². The van der Waals surface area contributed by atoms with Crippen molar-refractivity contribution in [2.75, 3.05) is 26.2 Å². The Morgan fingerprint density at radius 3 is 2.86 bits per heavy atom. The third-order valence-corrected chi connectivity index (χ3v) is 5.86. The van der Waals surface area contributed by atoms with Crippen molar-refractivity contribution in [2.24, 2.45) is 10.9 Å². The van der Waals surface area contributed by atoms with E-state index in [1.54, 1.807) is 0 Å². The highest BCUT2D eigenvalue weighted by Gasteiger charge is 2.28. The number of hydrogen-bond acceptors (Lipinski definition) is 4. The molecule has 2 aliphatic rings. The maximum absolute atomic E-state index is 12.0. The fourth-order valence-corrected chi connectivity index (χ4v) is 4.18. The van der Waals surface area contributed by atoms with Gasteiger partial charge >= 0.3 is 5.97 Å². The third-order valence-electron chi connectivity index (χ3n) is 5.86. The predicted molar refractivity (Wildman–Crippen MR) is 110 cm³/mol. The quantitative estimate of drug-likeness (QED) is 0.336. The van der Waals surface area contributed by atoms with Crippen LogP contribution in [0.2, 0.25) is 0 Å². The molecule has 2 unspecified atom stereocenters. The van der Waals surface area contributed by atoms with Crippen molar-refractivity contribution in [2.45, 2.75) is 70.9 Å². The molecular formula is C21H35N5O2. The van der Waals surface area contributed by atoms with Crippen molar-refractivity contribution in [3.63, 3.8) is 0 Å². The number of guanidine groups is 1. The average Bonchev–Trinajstić information content (AvgIpc) is 3.39. The molecule has 1 aliphatic carbocycles. The topological polar surface area (TPSA) is 71.8 Å². The van der Waals surface area contributed by atoms with Gasteiger partial charge in [0.15, 0.2) is 5.96 Å². The molecule has 1 aromatic rings. The number of nitrogens with zero attached hydrogens (tertiary/aromatic N) is 4. The lowest BCUT2D eigenvalue weighted by Crippen LogP contribution is -2.49. The molecule has 1 aromatic heterocycles. The Labute approximate surface area is 168 Å². The minimum Gasteiger partial charge on any atom is -0.462 e. The van der Waals surface area contributed by atoms with E-state index in [4.69, 9.17) is 9.73 Å². The third kappa shape index (κ3) is 5.72. The van der Waals surface area contributed by atoms with Crippen molar-refractivity contribution >= 4 is 11.9 Å². The van der Waals surface area contributed by atoms with E-state index in [1.807, 2.05) is 18.7 Å². The Hall–Kier alpha value is -2.05. The number of carbonyl (C=O) groups excluding carboxylic acids is 1. The van der Waals surface area contributed by atoms with Crippen molar-refractivity contribution in [3.05, 3.63) is 18.7 Å². The van der Waals surface area contributed by atoms with Crippen LogP contribution in [0.25, 0.3) is 0 Å². The lowest BCUT2D eigenvalue weighted by atomic mass is 9.93. The second-order valence-electron chi connectivity index (χ2n) is 8.02. The number of aromatic nitrogens is 2. The summed E-state index contributed by atoms with van der Waals surface area (Å²) in [5.41, 5.74) is 0. The molecule has 0 radical (unpaired) electrons. The Balaban J connectivity index is 1.49. The summed E-state index contributed by atoms with van der Waals surface area (Å²) in [5, 5.41) is 3.41. The summed E-state index contributed by atoms with van der Waals surface area (Å²) < 4.78 is 7.74. The van der Waals surface area contributed by atoms with Crippen LogP contribution in [0.1, 0.15) is 64.8 Å². The van der Waals surface area contributed by atoms with Gasteiger partial charge in [0.05, 0.1) is 12.4 Å². The number of nitrogens with one attached hydrogen (secondary N) is 1. The van der Waals surface area contributed by atoms with Gasteiger partial charge in [-0.15, -0.1) is 0 Å². The van der Waals surface area contributed by atoms with Gasteiger partial charge in [0.25, 0.3) is 0 Å². The molecule has 3 rings (SSSR count). The van der Waals surface area contributed by atoms with Gasteiger partial charge < -0.3 is 19.5 Å². The zero-order chi connectivity index (χ0) is 19.8. The molecule has 2 fully saturated rings. The molecule has 28 heavy (non-hydrogen) atoms. The molecule has 1 saturated heterocycles. The number of esters is 1. The summed E-state index contributed by atoms with van der Waals surface area (Å²) in [4.78, 5) is 23.3. The number of likely N-dealkylation sites (tertiary alicyclic amines) is 1. The van der Waals surface area contributed by atoms with Gasteiger partial charge in [-0.25, -0.2) is 4.98 Å². The van der Waals surface area contributed by atoms with Crippen LogP contribution in [0.5, 0.6) is 0 Å². The predicted octanol–water partition coefficient (Wildman–Crippen LogP) is 3.00.